The van der Waals surface area contributed by atoms with Crippen molar-refractivity contribution >= 4 is 43.4 Å². The molecule has 2 aromatic carbocycles. The first-order chi connectivity index (χ1) is 11.0. The van der Waals surface area contributed by atoms with Crippen molar-refractivity contribution in [1.82, 2.24) is 9.88 Å². The second-order valence-electron chi connectivity index (χ2n) is 5.24. The van der Waals surface area contributed by atoms with Crippen molar-refractivity contribution in [3.05, 3.63) is 63.3 Å². The van der Waals surface area contributed by atoms with Crippen LogP contribution in [0.15, 0.2) is 46.9 Å². The minimum Gasteiger partial charge on any atom is -0.332 e. The summed E-state index contributed by atoms with van der Waals surface area (Å²) in [6.45, 7) is 1.89. The minimum atomic E-state index is -0.526. The van der Waals surface area contributed by atoms with E-state index in [1.165, 1.54) is 17.0 Å². The number of halogens is 2. The average molecular weight is 393 g/mol. The van der Waals surface area contributed by atoms with Gasteiger partial charge in [-0.1, -0.05) is 28.1 Å². The number of carbonyl (C=O) groups is 1. The van der Waals surface area contributed by atoms with Crippen molar-refractivity contribution < 1.29 is 9.18 Å². The molecule has 1 aromatic heterocycles. The van der Waals surface area contributed by atoms with Gasteiger partial charge in [-0.15, -0.1) is 11.3 Å². The summed E-state index contributed by atoms with van der Waals surface area (Å²) in [5, 5.41) is 0.831. The molecule has 0 aliphatic rings. The third kappa shape index (κ3) is 3.14. The van der Waals surface area contributed by atoms with Crippen molar-refractivity contribution in [2.24, 2.45) is 0 Å². The number of hydrogen-bond donors (Lipinski definition) is 0. The van der Waals surface area contributed by atoms with Crippen molar-refractivity contribution in [3.8, 4) is 0 Å². The predicted molar refractivity (Wildman–Crippen MR) is 94.2 cm³/mol. The normalized spacial score (nSPS) is 12.3. The number of thiazole rings is 1. The first-order valence-corrected chi connectivity index (χ1v) is 8.66. The van der Waals surface area contributed by atoms with Crippen LogP contribution in [0.5, 0.6) is 0 Å². The van der Waals surface area contributed by atoms with Crippen LogP contribution in [0.2, 0.25) is 0 Å². The maximum absolute atomic E-state index is 13.9. The maximum Gasteiger partial charge on any atom is 0.257 e. The number of benzene rings is 2. The lowest BCUT2D eigenvalue weighted by Crippen LogP contribution is -2.30. The fourth-order valence-electron chi connectivity index (χ4n) is 2.26. The van der Waals surface area contributed by atoms with Gasteiger partial charge in [0, 0.05) is 11.5 Å². The number of hydrogen-bond acceptors (Lipinski definition) is 3. The third-order valence-corrected chi connectivity index (χ3v) is 5.43. The minimum absolute atomic E-state index is 0.0508. The van der Waals surface area contributed by atoms with E-state index >= 15 is 0 Å². The number of nitrogens with zero attached hydrogens (tertiary/aromatic N) is 2. The molecule has 0 saturated heterocycles. The summed E-state index contributed by atoms with van der Waals surface area (Å²) in [5.41, 5.74) is 0.962. The standard InChI is InChI=1S/C17H14BrFN2OS/c1-10(16-20-14-5-3-4-6-15(14)23-16)21(2)17(22)12-9-11(18)7-8-13(12)19/h3-10H,1-2H3/t10-/m0/s1. The van der Waals surface area contributed by atoms with Gasteiger partial charge in [0.25, 0.3) is 5.91 Å². The van der Waals surface area contributed by atoms with Crippen molar-refractivity contribution in [2.45, 2.75) is 13.0 Å². The van der Waals surface area contributed by atoms with Gasteiger partial charge in [-0.2, -0.15) is 0 Å². The zero-order valence-corrected chi connectivity index (χ0v) is 15.0. The van der Waals surface area contributed by atoms with E-state index in [9.17, 15) is 9.18 Å². The van der Waals surface area contributed by atoms with E-state index in [-0.39, 0.29) is 17.5 Å². The van der Waals surface area contributed by atoms with Gasteiger partial charge in [0.1, 0.15) is 10.8 Å². The molecule has 0 radical (unpaired) electrons. The van der Waals surface area contributed by atoms with E-state index < -0.39 is 5.82 Å². The topological polar surface area (TPSA) is 33.2 Å². The number of amides is 1. The first-order valence-electron chi connectivity index (χ1n) is 7.05. The Kier molecular flexibility index (Phi) is 4.46. The number of carbonyl (C=O) groups excluding carboxylic acids is 1. The molecular weight excluding hydrogens is 379 g/mol. The third-order valence-electron chi connectivity index (χ3n) is 3.73. The second kappa shape index (κ2) is 6.37. The number of fused-ring (bicyclic) bond motifs is 1. The smallest absolute Gasteiger partial charge is 0.257 e. The molecule has 0 aliphatic carbocycles. The maximum atomic E-state index is 13.9. The SMILES string of the molecule is C[C@@H](c1nc2ccccc2s1)N(C)C(=O)c1cc(Br)ccc1F. The van der Waals surface area contributed by atoms with Gasteiger partial charge in [0.15, 0.2) is 0 Å². The lowest BCUT2D eigenvalue weighted by atomic mass is 10.1. The van der Waals surface area contributed by atoms with Gasteiger partial charge in [-0.05, 0) is 37.3 Å². The molecule has 6 heteroatoms. The van der Waals surface area contributed by atoms with Crippen LogP contribution in [0.1, 0.15) is 28.3 Å². The molecule has 23 heavy (non-hydrogen) atoms. The summed E-state index contributed by atoms with van der Waals surface area (Å²) < 4.78 is 15.7. The Balaban J connectivity index is 1.90. The Hall–Kier alpha value is -1.79. The van der Waals surface area contributed by atoms with E-state index in [4.69, 9.17) is 0 Å². The second-order valence-corrected chi connectivity index (χ2v) is 7.21. The molecule has 1 atom stereocenters. The summed E-state index contributed by atoms with van der Waals surface area (Å²) in [4.78, 5) is 18.7. The van der Waals surface area contributed by atoms with Gasteiger partial charge >= 0.3 is 0 Å². The van der Waals surface area contributed by atoms with Crippen molar-refractivity contribution in [2.75, 3.05) is 7.05 Å². The fraction of sp³-hybridized carbons (Fsp3) is 0.176. The number of aromatic nitrogens is 1. The lowest BCUT2D eigenvalue weighted by Gasteiger charge is -2.23. The highest BCUT2D eigenvalue weighted by molar-refractivity contribution is 9.10. The monoisotopic (exact) mass is 392 g/mol. The molecule has 3 nitrogen and oxygen atoms in total. The molecule has 3 rings (SSSR count). The molecule has 0 saturated carbocycles. The Morgan fingerprint density at radius 1 is 1.30 bits per heavy atom. The van der Waals surface area contributed by atoms with E-state index in [0.29, 0.717) is 4.47 Å². The highest BCUT2D eigenvalue weighted by atomic mass is 79.9. The molecule has 0 N–H and O–H groups in total. The van der Waals surface area contributed by atoms with Gasteiger partial charge in [0.05, 0.1) is 21.8 Å². The first kappa shape index (κ1) is 16.1. The summed E-state index contributed by atoms with van der Waals surface area (Å²) in [6, 6.07) is 12.0. The molecule has 118 valence electrons. The van der Waals surface area contributed by atoms with Crippen LogP contribution in [0.3, 0.4) is 0 Å². The summed E-state index contributed by atoms with van der Waals surface area (Å²) >= 11 is 4.82. The number of rotatable bonds is 3. The average Bonchev–Trinajstić information content (AvgIpc) is 2.99. The zero-order valence-electron chi connectivity index (χ0n) is 12.6. The van der Waals surface area contributed by atoms with Crippen LogP contribution >= 0.6 is 27.3 Å². The van der Waals surface area contributed by atoms with Gasteiger partial charge in [-0.25, -0.2) is 9.37 Å². The molecule has 0 spiro atoms. The van der Waals surface area contributed by atoms with Crippen LogP contribution in [0.4, 0.5) is 4.39 Å². The lowest BCUT2D eigenvalue weighted by molar-refractivity contribution is 0.0737. The van der Waals surface area contributed by atoms with Crippen LogP contribution in [-0.4, -0.2) is 22.8 Å². The van der Waals surface area contributed by atoms with Gasteiger partial charge < -0.3 is 4.90 Å². The summed E-state index contributed by atoms with van der Waals surface area (Å²) in [5.74, 6) is -0.892. The molecule has 0 aliphatic heterocycles. The molecular formula is C17H14BrFN2OS. The van der Waals surface area contributed by atoms with E-state index in [1.54, 1.807) is 24.5 Å². The van der Waals surface area contributed by atoms with Crippen LogP contribution in [0.25, 0.3) is 10.2 Å². The summed E-state index contributed by atoms with van der Waals surface area (Å²) in [7, 11) is 1.67. The molecule has 0 fully saturated rings. The molecule has 1 amide bonds. The van der Waals surface area contributed by atoms with Crippen LogP contribution in [-0.2, 0) is 0 Å². The van der Waals surface area contributed by atoms with Crippen LogP contribution in [0, 0.1) is 5.82 Å². The number of para-hydroxylation sites is 1. The van der Waals surface area contributed by atoms with Crippen molar-refractivity contribution in [3.63, 3.8) is 0 Å². The van der Waals surface area contributed by atoms with E-state index in [0.717, 1.165) is 15.2 Å². The van der Waals surface area contributed by atoms with E-state index in [1.807, 2.05) is 31.2 Å². The van der Waals surface area contributed by atoms with E-state index in [2.05, 4.69) is 20.9 Å². The highest BCUT2D eigenvalue weighted by Crippen LogP contribution is 2.30. The Bertz CT molecular complexity index is 847. The predicted octanol–water partition coefficient (Wildman–Crippen LogP) is 5.03. The van der Waals surface area contributed by atoms with Crippen molar-refractivity contribution in [1.29, 1.82) is 0 Å². The zero-order chi connectivity index (χ0) is 16.6. The molecule has 0 bridgehead atoms. The van der Waals surface area contributed by atoms with Gasteiger partial charge in [-0.3, -0.25) is 4.79 Å². The Labute approximate surface area is 145 Å². The quantitative estimate of drug-likeness (QED) is 0.625. The molecule has 1 heterocycles. The van der Waals surface area contributed by atoms with Crippen LogP contribution < -0.4 is 0 Å². The largest absolute Gasteiger partial charge is 0.332 e. The Morgan fingerprint density at radius 2 is 2.04 bits per heavy atom. The Morgan fingerprint density at radius 3 is 2.78 bits per heavy atom. The highest BCUT2D eigenvalue weighted by Gasteiger charge is 2.24. The fourth-order valence-corrected chi connectivity index (χ4v) is 3.69. The van der Waals surface area contributed by atoms with Gasteiger partial charge in [0.2, 0.25) is 0 Å². The molecule has 0 unspecified atom stereocenters. The molecule has 3 aromatic rings. The summed E-state index contributed by atoms with van der Waals surface area (Å²) in [6.07, 6.45) is 0.